The third kappa shape index (κ3) is 5.14. The van der Waals surface area contributed by atoms with Gasteiger partial charge in [0, 0.05) is 17.5 Å². The molecular weight excluding hydrogens is 280 g/mol. The van der Waals surface area contributed by atoms with Crippen LogP contribution in [0.4, 0.5) is 0 Å². The normalized spacial score (nSPS) is 11.6. The average Bonchev–Trinajstić information content (AvgIpc) is 2.90. The summed E-state index contributed by atoms with van der Waals surface area (Å²) in [7, 11) is 0. The molecule has 0 fully saturated rings. The second-order valence-corrected chi connectivity index (χ2v) is 7.03. The van der Waals surface area contributed by atoms with Crippen molar-refractivity contribution in [3.05, 3.63) is 45.9 Å². The SMILES string of the molecule is CCc1ccccc1OCc1csc(CNC(C)(C)C)n1. The topological polar surface area (TPSA) is 34.1 Å². The van der Waals surface area contributed by atoms with E-state index in [0.29, 0.717) is 6.61 Å². The number of benzene rings is 1. The molecule has 0 amide bonds. The highest BCUT2D eigenvalue weighted by Gasteiger charge is 2.10. The number of thiazole rings is 1. The lowest BCUT2D eigenvalue weighted by Gasteiger charge is -2.19. The summed E-state index contributed by atoms with van der Waals surface area (Å²) in [5, 5.41) is 6.63. The minimum atomic E-state index is 0.113. The Balaban J connectivity index is 1.91. The van der Waals surface area contributed by atoms with Crippen molar-refractivity contribution < 1.29 is 4.74 Å². The molecule has 0 atom stereocenters. The number of nitrogens with zero attached hydrogens (tertiary/aromatic N) is 1. The largest absolute Gasteiger partial charge is 0.487 e. The zero-order valence-electron chi connectivity index (χ0n) is 13.3. The van der Waals surface area contributed by atoms with Gasteiger partial charge in [-0.05, 0) is 38.8 Å². The van der Waals surface area contributed by atoms with E-state index in [4.69, 9.17) is 4.74 Å². The smallest absolute Gasteiger partial charge is 0.131 e. The number of para-hydroxylation sites is 1. The molecule has 114 valence electrons. The lowest BCUT2D eigenvalue weighted by atomic mass is 10.1. The van der Waals surface area contributed by atoms with Crippen LogP contribution in [0.25, 0.3) is 0 Å². The van der Waals surface area contributed by atoms with Crippen LogP contribution in [-0.4, -0.2) is 10.5 Å². The van der Waals surface area contributed by atoms with E-state index in [1.807, 2.05) is 18.2 Å². The van der Waals surface area contributed by atoms with Crippen LogP contribution in [0.1, 0.15) is 44.0 Å². The van der Waals surface area contributed by atoms with E-state index in [2.05, 4.69) is 49.4 Å². The maximum absolute atomic E-state index is 5.90. The molecule has 0 aliphatic carbocycles. The first kappa shape index (κ1) is 16.0. The van der Waals surface area contributed by atoms with Gasteiger partial charge in [0.25, 0.3) is 0 Å². The first-order valence-corrected chi connectivity index (χ1v) is 8.25. The van der Waals surface area contributed by atoms with Gasteiger partial charge in [-0.2, -0.15) is 0 Å². The molecule has 0 radical (unpaired) electrons. The van der Waals surface area contributed by atoms with Crippen molar-refractivity contribution in [3.8, 4) is 5.75 Å². The summed E-state index contributed by atoms with van der Waals surface area (Å²) in [5.41, 5.74) is 2.35. The Morgan fingerprint density at radius 1 is 1.24 bits per heavy atom. The quantitative estimate of drug-likeness (QED) is 0.869. The lowest BCUT2D eigenvalue weighted by molar-refractivity contribution is 0.298. The van der Waals surface area contributed by atoms with Crippen molar-refractivity contribution in [1.82, 2.24) is 10.3 Å². The Morgan fingerprint density at radius 3 is 2.71 bits per heavy atom. The minimum Gasteiger partial charge on any atom is -0.487 e. The fourth-order valence-corrected chi connectivity index (χ4v) is 2.64. The van der Waals surface area contributed by atoms with Crippen molar-refractivity contribution in [2.45, 2.75) is 52.8 Å². The third-order valence-electron chi connectivity index (χ3n) is 3.10. The average molecular weight is 304 g/mol. The number of aromatic nitrogens is 1. The Labute approximate surface area is 131 Å². The summed E-state index contributed by atoms with van der Waals surface area (Å²) >= 11 is 1.68. The van der Waals surface area contributed by atoms with Crippen LogP contribution in [0.2, 0.25) is 0 Å². The van der Waals surface area contributed by atoms with Gasteiger partial charge in [0.1, 0.15) is 17.4 Å². The van der Waals surface area contributed by atoms with E-state index < -0.39 is 0 Å². The molecule has 2 aromatic rings. The molecule has 0 saturated heterocycles. The van der Waals surface area contributed by atoms with Gasteiger partial charge in [-0.3, -0.25) is 0 Å². The van der Waals surface area contributed by atoms with E-state index in [0.717, 1.165) is 29.4 Å². The van der Waals surface area contributed by atoms with Gasteiger partial charge < -0.3 is 10.1 Å². The number of aryl methyl sites for hydroxylation is 1. The zero-order chi connectivity index (χ0) is 15.3. The summed E-state index contributed by atoms with van der Waals surface area (Å²) in [6.45, 7) is 9.95. The Morgan fingerprint density at radius 2 is 2.00 bits per heavy atom. The van der Waals surface area contributed by atoms with Crippen LogP contribution in [0.5, 0.6) is 5.75 Å². The molecule has 0 aliphatic heterocycles. The van der Waals surface area contributed by atoms with Gasteiger partial charge in [0.15, 0.2) is 0 Å². The van der Waals surface area contributed by atoms with Gasteiger partial charge in [-0.15, -0.1) is 11.3 Å². The summed E-state index contributed by atoms with van der Waals surface area (Å²) in [5.74, 6) is 0.961. The Hall–Kier alpha value is -1.39. The second-order valence-electron chi connectivity index (χ2n) is 6.09. The predicted octanol–water partition coefficient (Wildman–Crippen LogP) is 4.17. The van der Waals surface area contributed by atoms with Crippen LogP contribution in [0, 0.1) is 0 Å². The molecule has 2 rings (SSSR count). The summed E-state index contributed by atoms with van der Waals surface area (Å²) in [6.07, 6.45) is 0.980. The van der Waals surface area contributed by atoms with Gasteiger partial charge in [-0.25, -0.2) is 4.98 Å². The van der Waals surface area contributed by atoms with Crippen molar-refractivity contribution in [3.63, 3.8) is 0 Å². The molecule has 0 saturated carbocycles. The van der Waals surface area contributed by atoms with Gasteiger partial charge in [0.05, 0.1) is 5.69 Å². The number of hydrogen-bond acceptors (Lipinski definition) is 4. The fourth-order valence-electron chi connectivity index (χ4n) is 1.93. The van der Waals surface area contributed by atoms with Gasteiger partial charge >= 0.3 is 0 Å². The highest BCUT2D eigenvalue weighted by molar-refractivity contribution is 7.09. The molecule has 1 aromatic heterocycles. The van der Waals surface area contributed by atoms with Gasteiger partial charge in [-0.1, -0.05) is 25.1 Å². The van der Waals surface area contributed by atoms with Crippen LogP contribution >= 0.6 is 11.3 Å². The zero-order valence-corrected chi connectivity index (χ0v) is 14.1. The van der Waals surface area contributed by atoms with Gasteiger partial charge in [0.2, 0.25) is 0 Å². The molecule has 0 unspecified atom stereocenters. The van der Waals surface area contributed by atoms with E-state index in [1.165, 1.54) is 5.56 Å². The first-order chi connectivity index (χ1) is 9.98. The molecule has 1 N–H and O–H groups in total. The van der Waals surface area contributed by atoms with E-state index in [-0.39, 0.29) is 5.54 Å². The van der Waals surface area contributed by atoms with E-state index >= 15 is 0 Å². The fraction of sp³-hybridized carbons (Fsp3) is 0.471. The van der Waals surface area contributed by atoms with Crippen LogP contribution in [-0.2, 0) is 19.6 Å². The lowest BCUT2D eigenvalue weighted by Crippen LogP contribution is -2.35. The molecule has 21 heavy (non-hydrogen) atoms. The summed E-state index contributed by atoms with van der Waals surface area (Å²) < 4.78 is 5.90. The Bertz CT molecular complexity index is 572. The van der Waals surface area contributed by atoms with E-state index in [9.17, 15) is 0 Å². The third-order valence-corrected chi connectivity index (χ3v) is 4.00. The van der Waals surface area contributed by atoms with E-state index in [1.54, 1.807) is 11.3 Å². The standard InChI is InChI=1S/C17H24N2OS/c1-5-13-8-6-7-9-15(13)20-11-14-12-21-16(19-14)10-18-17(2,3)4/h6-9,12,18H,5,10-11H2,1-4H3. The number of ether oxygens (including phenoxy) is 1. The van der Waals surface area contributed by atoms with Crippen molar-refractivity contribution >= 4 is 11.3 Å². The minimum absolute atomic E-state index is 0.113. The Kier molecular flexibility index (Phi) is 5.37. The number of hydrogen-bond donors (Lipinski definition) is 1. The first-order valence-electron chi connectivity index (χ1n) is 7.37. The summed E-state index contributed by atoms with van der Waals surface area (Å²) in [4.78, 5) is 4.61. The van der Waals surface area contributed by atoms with Crippen molar-refractivity contribution in [2.75, 3.05) is 0 Å². The van der Waals surface area contributed by atoms with Crippen molar-refractivity contribution in [1.29, 1.82) is 0 Å². The molecule has 0 spiro atoms. The van der Waals surface area contributed by atoms with Crippen LogP contribution in [0.15, 0.2) is 29.6 Å². The highest BCUT2D eigenvalue weighted by atomic mass is 32.1. The maximum Gasteiger partial charge on any atom is 0.131 e. The predicted molar refractivity (Wildman–Crippen MR) is 88.9 cm³/mol. The monoisotopic (exact) mass is 304 g/mol. The molecule has 4 heteroatoms. The molecule has 1 aromatic carbocycles. The second kappa shape index (κ2) is 7.05. The molecule has 3 nitrogen and oxygen atoms in total. The molecule has 1 heterocycles. The highest BCUT2D eigenvalue weighted by Crippen LogP contribution is 2.20. The van der Waals surface area contributed by atoms with Crippen LogP contribution < -0.4 is 10.1 Å². The number of rotatable bonds is 6. The summed E-state index contributed by atoms with van der Waals surface area (Å²) in [6, 6.07) is 8.18. The van der Waals surface area contributed by atoms with Crippen molar-refractivity contribution in [2.24, 2.45) is 0 Å². The maximum atomic E-state index is 5.90. The number of nitrogens with one attached hydrogen (secondary N) is 1. The molecule has 0 aliphatic rings. The molecular formula is C17H24N2OS. The van der Waals surface area contributed by atoms with Crippen LogP contribution in [0.3, 0.4) is 0 Å². The molecule has 0 bridgehead atoms.